The van der Waals surface area contributed by atoms with Gasteiger partial charge in [-0.05, 0) is 6.42 Å². The molecule has 1 saturated heterocycles. The Morgan fingerprint density at radius 3 is 2.69 bits per heavy atom. The number of ether oxygens (including phenoxy) is 1. The first-order valence-electron chi connectivity index (χ1n) is 8.00. The average molecular weight is 394 g/mol. The van der Waals surface area contributed by atoms with Crippen molar-refractivity contribution in [2.75, 3.05) is 25.2 Å². The van der Waals surface area contributed by atoms with E-state index in [9.17, 15) is 18.0 Å². The van der Waals surface area contributed by atoms with E-state index in [1.54, 1.807) is 5.38 Å². The molecule has 0 saturated carbocycles. The highest BCUT2D eigenvalue weighted by molar-refractivity contribution is 7.91. The summed E-state index contributed by atoms with van der Waals surface area (Å²) in [5, 5.41) is 2.28. The van der Waals surface area contributed by atoms with Gasteiger partial charge in [-0.25, -0.2) is 18.2 Å². The highest BCUT2D eigenvalue weighted by Gasteiger charge is 2.33. The summed E-state index contributed by atoms with van der Waals surface area (Å²) in [7, 11) is -1.56. The third-order valence-electron chi connectivity index (χ3n) is 4.21. The quantitative estimate of drug-likeness (QED) is 0.715. The predicted molar refractivity (Wildman–Crippen MR) is 97.7 cm³/mol. The van der Waals surface area contributed by atoms with Crippen molar-refractivity contribution in [3.05, 3.63) is 41.4 Å². The summed E-state index contributed by atoms with van der Waals surface area (Å²) in [6, 6.07) is 9.07. The van der Waals surface area contributed by atoms with Gasteiger partial charge in [0, 0.05) is 24.0 Å². The van der Waals surface area contributed by atoms with Crippen LogP contribution < -0.4 is 0 Å². The standard InChI is InChI=1S/C17H18N2O5S2/c1-19(13-7-8-26(22,23)11-13)15(20)9-24-17(21)14-10-25-16(18-14)12-5-3-2-4-6-12/h2-6,10,13H,7-9,11H2,1H3/t13-/m0/s1. The van der Waals surface area contributed by atoms with Gasteiger partial charge in [-0.1, -0.05) is 30.3 Å². The summed E-state index contributed by atoms with van der Waals surface area (Å²) in [6.07, 6.45) is 0.408. The maximum atomic E-state index is 12.1. The molecule has 1 aliphatic heterocycles. The van der Waals surface area contributed by atoms with Crippen molar-refractivity contribution in [1.82, 2.24) is 9.88 Å². The molecule has 1 amide bonds. The molecular formula is C17H18N2O5S2. The Bertz CT molecular complexity index is 908. The van der Waals surface area contributed by atoms with E-state index < -0.39 is 28.3 Å². The van der Waals surface area contributed by atoms with E-state index in [1.807, 2.05) is 30.3 Å². The summed E-state index contributed by atoms with van der Waals surface area (Å²) >= 11 is 1.32. The van der Waals surface area contributed by atoms with Crippen LogP contribution in [0.25, 0.3) is 10.6 Å². The molecule has 0 N–H and O–H groups in total. The number of nitrogens with zero attached hydrogens (tertiary/aromatic N) is 2. The molecule has 2 aromatic rings. The van der Waals surface area contributed by atoms with Crippen LogP contribution in [-0.4, -0.2) is 61.4 Å². The van der Waals surface area contributed by atoms with Gasteiger partial charge in [0.1, 0.15) is 5.01 Å². The summed E-state index contributed by atoms with van der Waals surface area (Å²) < 4.78 is 28.1. The summed E-state index contributed by atoms with van der Waals surface area (Å²) in [6.45, 7) is -0.440. The summed E-state index contributed by atoms with van der Waals surface area (Å²) in [5.74, 6) is -1.07. The normalized spacial score (nSPS) is 18.4. The Morgan fingerprint density at radius 2 is 2.04 bits per heavy atom. The van der Waals surface area contributed by atoms with Gasteiger partial charge in [0.25, 0.3) is 5.91 Å². The largest absolute Gasteiger partial charge is 0.451 e. The summed E-state index contributed by atoms with van der Waals surface area (Å²) in [5.41, 5.74) is 1.04. The lowest BCUT2D eigenvalue weighted by Gasteiger charge is -2.22. The number of sulfone groups is 1. The van der Waals surface area contributed by atoms with Crippen LogP contribution in [0.3, 0.4) is 0 Å². The highest BCUT2D eigenvalue weighted by Crippen LogP contribution is 2.23. The minimum absolute atomic E-state index is 0.0459. The van der Waals surface area contributed by atoms with Crippen LogP contribution in [0.5, 0.6) is 0 Å². The molecule has 2 heterocycles. The lowest BCUT2D eigenvalue weighted by molar-refractivity contribution is -0.134. The van der Waals surface area contributed by atoms with Gasteiger partial charge in [-0.15, -0.1) is 11.3 Å². The first kappa shape index (κ1) is 18.5. The number of esters is 1. The van der Waals surface area contributed by atoms with Crippen LogP contribution in [0.1, 0.15) is 16.9 Å². The lowest BCUT2D eigenvalue weighted by atomic mass is 10.2. The maximum Gasteiger partial charge on any atom is 0.358 e. The molecule has 138 valence electrons. The van der Waals surface area contributed by atoms with Crippen molar-refractivity contribution in [2.24, 2.45) is 0 Å². The van der Waals surface area contributed by atoms with Crippen LogP contribution in [0, 0.1) is 0 Å². The topological polar surface area (TPSA) is 93.6 Å². The smallest absolute Gasteiger partial charge is 0.358 e. The van der Waals surface area contributed by atoms with Gasteiger partial charge < -0.3 is 9.64 Å². The van der Waals surface area contributed by atoms with E-state index >= 15 is 0 Å². The van der Waals surface area contributed by atoms with Crippen LogP contribution in [0.2, 0.25) is 0 Å². The third-order valence-corrected chi connectivity index (χ3v) is 6.85. The second-order valence-electron chi connectivity index (χ2n) is 6.04. The van der Waals surface area contributed by atoms with E-state index in [0.717, 1.165) is 5.56 Å². The second kappa shape index (κ2) is 7.55. The monoisotopic (exact) mass is 394 g/mol. The van der Waals surface area contributed by atoms with Crippen LogP contribution in [0.15, 0.2) is 35.7 Å². The Kier molecular flexibility index (Phi) is 5.38. The summed E-state index contributed by atoms with van der Waals surface area (Å²) in [4.78, 5) is 29.8. The fourth-order valence-electron chi connectivity index (χ4n) is 2.67. The fraction of sp³-hybridized carbons (Fsp3) is 0.353. The lowest BCUT2D eigenvalue weighted by Crippen LogP contribution is -2.40. The van der Waals surface area contributed by atoms with E-state index in [4.69, 9.17) is 4.74 Å². The minimum atomic E-state index is -3.08. The molecule has 0 aliphatic carbocycles. The number of carbonyl (C=O) groups excluding carboxylic acids is 2. The number of amides is 1. The van der Waals surface area contributed by atoms with Gasteiger partial charge in [-0.3, -0.25) is 4.79 Å². The number of likely N-dealkylation sites (N-methyl/N-ethyl adjacent to an activating group) is 1. The molecule has 1 aliphatic rings. The van der Waals surface area contributed by atoms with Crippen molar-refractivity contribution < 1.29 is 22.7 Å². The van der Waals surface area contributed by atoms with E-state index in [-0.39, 0.29) is 23.2 Å². The molecule has 7 nitrogen and oxygen atoms in total. The van der Waals surface area contributed by atoms with Crippen molar-refractivity contribution in [2.45, 2.75) is 12.5 Å². The third kappa shape index (κ3) is 4.28. The molecule has 0 radical (unpaired) electrons. The number of rotatable bonds is 5. The Morgan fingerprint density at radius 1 is 1.31 bits per heavy atom. The van der Waals surface area contributed by atoms with Crippen LogP contribution in [0.4, 0.5) is 0 Å². The first-order valence-corrected chi connectivity index (χ1v) is 10.7. The second-order valence-corrected chi connectivity index (χ2v) is 9.13. The number of hydrogen-bond donors (Lipinski definition) is 0. The van der Waals surface area contributed by atoms with Gasteiger partial charge in [0.2, 0.25) is 0 Å². The van der Waals surface area contributed by atoms with Crippen molar-refractivity contribution >= 4 is 33.1 Å². The number of carbonyl (C=O) groups is 2. The van der Waals surface area contributed by atoms with E-state index in [0.29, 0.717) is 11.4 Å². The molecule has 0 spiro atoms. The zero-order chi connectivity index (χ0) is 18.7. The minimum Gasteiger partial charge on any atom is -0.451 e. The van der Waals surface area contributed by atoms with Crippen molar-refractivity contribution in [1.29, 1.82) is 0 Å². The molecule has 3 rings (SSSR count). The Hall–Kier alpha value is -2.26. The number of benzene rings is 1. The Labute approximate surface area is 155 Å². The Balaban J connectivity index is 1.56. The number of hydrogen-bond acceptors (Lipinski definition) is 7. The van der Waals surface area contributed by atoms with E-state index in [2.05, 4.69) is 4.98 Å². The molecule has 9 heteroatoms. The molecule has 1 aromatic heterocycles. The van der Waals surface area contributed by atoms with E-state index in [1.165, 1.54) is 23.3 Å². The van der Waals surface area contributed by atoms with Gasteiger partial charge >= 0.3 is 5.97 Å². The van der Waals surface area contributed by atoms with Crippen molar-refractivity contribution in [3.63, 3.8) is 0 Å². The molecule has 26 heavy (non-hydrogen) atoms. The SMILES string of the molecule is CN(C(=O)COC(=O)c1csc(-c2ccccc2)n1)[C@H]1CCS(=O)(=O)C1. The van der Waals surface area contributed by atoms with Crippen LogP contribution in [-0.2, 0) is 19.4 Å². The van der Waals surface area contributed by atoms with Gasteiger partial charge in [0.15, 0.2) is 22.1 Å². The van der Waals surface area contributed by atoms with Crippen molar-refractivity contribution in [3.8, 4) is 10.6 Å². The molecular weight excluding hydrogens is 376 g/mol. The zero-order valence-electron chi connectivity index (χ0n) is 14.1. The maximum absolute atomic E-state index is 12.1. The molecule has 1 atom stereocenters. The predicted octanol–water partition coefficient (Wildman–Crippen LogP) is 1.61. The van der Waals surface area contributed by atoms with Gasteiger partial charge in [0.05, 0.1) is 11.5 Å². The molecule has 0 bridgehead atoms. The highest BCUT2D eigenvalue weighted by atomic mass is 32.2. The molecule has 0 unspecified atom stereocenters. The average Bonchev–Trinajstić information content (AvgIpc) is 3.26. The first-order chi connectivity index (χ1) is 12.4. The molecule has 1 aromatic carbocycles. The van der Waals surface area contributed by atoms with Crippen LogP contribution >= 0.6 is 11.3 Å². The molecule has 1 fully saturated rings. The van der Waals surface area contributed by atoms with Gasteiger partial charge in [-0.2, -0.15) is 0 Å². The number of aromatic nitrogens is 1. The number of thiazole rings is 1. The fourth-order valence-corrected chi connectivity index (χ4v) is 5.24. The zero-order valence-corrected chi connectivity index (χ0v) is 15.8.